The summed E-state index contributed by atoms with van der Waals surface area (Å²) in [5.41, 5.74) is 0. The molecule has 50 heavy (non-hydrogen) atoms. The van der Waals surface area contributed by atoms with Crippen LogP contribution in [0.5, 0.6) is 0 Å². The lowest BCUT2D eigenvalue weighted by atomic mass is 9.98. The van der Waals surface area contributed by atoms with Crippen molar-refractivity contribution in [2.24, 2.45) is 0 Å². The van der Waals surface area contributed by atoms with Crippen LogP contribution in [-0.4, -0.2) is 229 Å². The number of aliphatic hydroxyl groups excluding tert-OH is 13. The van der Waals surface area contributed by atoms with E-state index < -0.39 is 160 Å². The summed E-state index contributed by atoms with van der Waals surface area (Å²) in [5, 5.41) is 141. The third-order valence-electron chi connectivity index (χ3n) is 8.55. The Morgan fingerprint density at radius 3 is 1.48 bits per heavy atom. The molecule has 0 aromatic heterocycles. The van der Waals surface area contributed by atoms with Crippen LogP contribution >= 0.6 is 0 Å². The van der Waals surface area contributed by atoms with Crippen LogP contribution in [0.15, 0.2) is 0 Å². The standard InChI is InChI=1S/C24H42O25S/c25-1-6-10(28)14(32)17(35)21(43-6)41-3-8-11(29)15(33)18(36)22(44-8)42-4-9-12(30)16(34)19(48-50(39,40)49-38)23(45-9)47-24(5-27)20(37)13(31)7(2-26)46-24/h6-23,25-38H,1-5H2/t6-,7-,8-,9-,10+,11+,12-,13-,14+,15+,16+,17-,18-,19-,20+,21+,22+,23-,24+/m1/s1. The van der Waals surface area contributed by atoms with Crippen molar-refractivity contribution in [2.75, 3.05) is 33.0 Å². The normalized spacial score (nSPS) is 48.9. The highest BCUT2D eigenvalue weighted by Gasteiger charge is 2.59. The fraction of sp³-hybridized carbons (Fsp3) is 1.00. The first-order valence-corrected chi connectivity index (χ1v) is 16.2. The van der Waals surface area contributed by atoms with Gasteiger partial charge < -0.3 is 99.5 Å². The van der Waals surface area contributed by atoms with Crippen LogP contribution < -0.4 is 0 Å². The Balaban J connectivity index is 1.47. The number of aliphatic hydroxyl groups is 13. The van der Waals surface area contributed by atoms with Gasteiger partial charge in [0.15, 0.2) is 25.0 Å². The summed E-state index contributed by atoms with van der Waals surface area (Å²) in [6, 6.07) is 0. The Hall–Kier alpha value is -0.970. The minimum Gasteiger partial charge on any atom is -0.394 e. The molecule has 0 aromatic carbocycles. The molecular formula is C24H42O25S. The van der Waals surface area contributed by atoms with Gasteiger partial charge in [-0.25, -0.2) is 9.44 Å². The van der Waals surface area contributed by atoms with Gasteiger partial charge in [0, 0.05) is 0 Å². The van der Waals surface area contributed by atoms with Crippen molar-refractivity contribution >= 4 is 10.4 Å². The van der Waals surface area contributed by atoms with Crippen molar-refractivity contribution in [3.8, 4) is 0 Å². The van der Waals surface area contributed by atoms with Gasteiger partial charge in [-0.2, -0.15) is 8.42 Å². The number of hydrogen-bond acceptors (Lipinski definition) is 25. The summed E-state index contributed by atoms with van der Waals surface area (Å²) in [6.07, 6.45) is -34.3. The average molecular weight is 763 g/mol. The van der Waals surface area contributed by atoms with Crippen molar-refractivity contribution in [3.63, 3.8) is 0 Å². The number of ether oxygens (including phenoxy) is 7. The van der Waals surface area contributed by atoms with E-state index >= 15 is 0 Å². The molecule has 0 amide bonds. The molecule has 4 aliphatic rings. The van der Waals surface area contributed by atoms with Crippen molar-refractivity contribution in [1.82, 2.24) is 0 Å². The van der Waals surface area contributed by atoms with E-state index in [0.717, 1.165) is 0 Å². The highest BCUT2D eigenvalue weighted by molar-refractivity contribution is 7.81. The van der Waals surface area contributed by atoms with Gasteiger partial charge in [0.25, 0.3) is 0 Å². The first-order valence-electron chi connectivity index (χ1n) is 14.9. The van der Waals surface area contributed by atoms with Crippen LogP contribution in [0, 0.1) is 0 Å². The molecule has 4 heterocycles. The van der Waals surface area contributed by atoms with Gasteiger partial charge in [0.1, 0.15) is 92.1 Å². The fourth-order valence-electron chi connectivity index (χ4n) is 5.64. The monoisotopic (exact) mass is 762 g/mol. The first-order chi connectivity index (χ1) is 23.4. The highest BCUT2D eigenvalue weighted by Crippen LogP contribution is 2.37. The summed E-state index contributed by atoms with van der Waals surface area (Å²) in [6.45, 7) is -4.61. The van der Waals surface area contributed by atoms with Gasteiger partial charge in [-0.3, -0.25) is 0 Å². The molecular weight excluding hydrogens is 720 g/mol. The molecule has 0 bridgehead atoms. The Bertz CT molecular complexity index is 1180. The van der Waals surface area contributed by atoms with Crippen LogP contribution in [0.4, 0.5) is 0 Å². The van der Waals surface area contributed by atoms with Gasteiger partial charge in [-0.1, -0.05) is 4.33 Å². The molecule has 0 spiro atoms. The lowest BCUT2D eigenvalue weighted by Crippen LogP contribution is -2.64. The summed E-state index contributed by atoms with van der Waals surface area (Å²) < 4.78 is 69.0. The zero-order valence-corrected chi connectivity index (χ0v) is 26.4. The Morgan fingerprint density at radius 1 is 0.560 bits per heavy atom. The Labute approximate surface area is 281 Å². The minimum absolute atomic E-state index is 0.725. The van der Waals surface area contributed by atoms with Crippen molar-refractivity contribution in [2.45, 2.75) is 116 Å². The molecule has 19 atom stereocenters. The minimum atomic E-state index is -5.35. The smallest absolute Gasteiger partial charge is 0.394 e. The van der Waals surface area contributed by atoms with E-state index in [1.165, 1.54) is 0 Å². The van der Waals surface area contributed by atoms with Crippen molar-refractivity contribution in [3.05, 3.63) is 0 Å². The van der Waals surface area contributed by atoms with Crippen molar-refractivity contribution in [1.29, 1.82) is 0 Å². The molecule has 0 aromatic rings. The van der Waals surface area contributed by atoms with E-state index in [1.54, 1.807) is 0 Å². The van der Waals surface area contributed by atoms with Crippen LogP contribution in [0.1, 0.15) is 0 Å². The SMILES string of the molecule is O=S(=O)(OO)O[C@H]1[C@@H](O[C@]2(CO)O[C@H](CO)[C@@H](O)[C@@H]2O)O[C@H](CO[C@H]2O[C@H](CO[C@H]3O[C@H](CO)[C@H](O)[C@H](O)[C@H]3O)[C@H](O)[C@H](O)[C@H]2O)[C@@H](O)[C@@H]1O. The highest BCUT2D eigenvalue weighted by atomic mass is 32.3. The summed E-state index contributed by atoms with van der Waals surface area (Å²) in [5.74, 6) is -2.67. The van der Waals surface area contributed by atoms with Gasteiger partial charge in [-0.05, 0) is 0 Å². The Kier molecular flexibility index (Phi) is 14.2. The maximum atomic E-state index is 11.9. The maximum Gasteiger partial charge on any atom is 0.426 e. The molecule has 4 fully saturated rings. The molecule has 26 heteroatoms. The third kappa shape index (κ3) is 8.54. The van der Waals surface area contributed by atoms with Gasteiger partial charge >= 0.3 is 10.4 Å². The third-order valence-corrected chi connectivity index (χ3v) is 9.19. The van der Waals surface area contributed by atoms with E-state index in [1.807, 2.05) is 0 Å². The predicted octanol–water partition coefficient (Wildman–Crippen LogP) is -9.99. The molecule has 4 aliphatic heterocycles. The predicted molar refractivity (Wildman–Crippen MR) is 145 cm³/mol. The molecule has 14 N–H and O–H groups in total. The summed E-state index contributed by atoms with van der Waals surface area (Å²) in [4.78, 5) is 0. The summed E-state index contributed by atoms with van der Waals surface area (Å²) >= 11 is 0. The van der Waals surface area contributed by atoms with Crippen LogP contribution in [0.2, 0.25) is 0 Å². The second-order valence-electron chi connectivity index (χ2n) is 11.8. The molecule has 0 aliphatic carbocycles. The largest absolute Gasteiger partial charge is 0.426 e. The van der Waals surface area contributed by atoms with Crippen LogP contribution in [0.3, 0.4) is 0 Å². The van der Waals surface area contributed by atoms with E-state index in [-0.39, 0.29) is 0 Å². The molecule has 294 valence electrons. The zero-order chi connectivity index (χ0) is 37.3. The molecule has 0 saturated carbocycles. The molecule has 4 saturated heterocycles. The maximum absolute atomic E-state index is 11.9. The van der Waals surface area contributed by atoms with E-state index in [2.05, 4.69) is 8.52 Å². The second-order valence-corrected chi connectivity index (χ2v) is 13.0. The van der Waals surface area contributed by atoms with Gasteiger partial charge in [-0.15, -0.1) is 0 Å². The van der Waals surface area contributed by atoms with Gasteiger partial charge in [0.05, 0.1) is 26.4 Å². The quantitative estimate of drug-likeness (QED) is 0.0577. The Morgan fingerprint density at radius 2 is 1.02 bits per heavy atom. The number of rotatable bonds is 14. The van der Waals surface area contributed by atoms with Crippen molar-refractivity contribution < 1.29 is 122 Å². The molecule has 4 rings (SSSR count). The van der Waals surface area contributed by atoms with E-state index in [4.69, 9.17) is 38.4 Å². The van der Waals surface area contributed by atoms with Crippen LogP contribution in [-0.2, 0) is 52.1 Å². The topological polar surface area (TPSA) is 400 Å². The van der Waals surface area contributed by atoms with Crippen LogP contribution in [0.25, 0.3) is 0 Å². The van der Waals surface area contributed by atoms with E-state index in [0.29, 0.717) is 0 Å². The lowest BCUT2D eigenvalue weighted by molar-refractivity contribution is -0.386. The average Bonchev–Trinajstić information content (AvgIpc) is 3.34. The second kappa shape index (κ2) is 17.0. The molecule has 25 nitrogen and oxygen atoms in total. The lowest BCUT2D eigenvalue weighted by Gasteiger charge is -2.45. The zero-order valence-electron chi connectivity index (χ0n) is 25.6. The number of hydrogen-bond donors (Lipinski definition) is 14. The fourth-order valence-corrected chi connectivity index (χ4v) is 6.15. The molecule has 0 unspecified atom stereocenters. The van der Waals surface area contributed by atoms with E-state index in [9.17, 15) is 74.8 Å². The first kappa shape index (κ1) is 41.8. The van der Waals surface area contributed by atoms with Gasteiger partial charge in [0.2, 0.25) is 5.79 Å². The summed E-state index contributed by atoms with van der Waals surface area (Å²) in [7, 11) is -5.35. The molecule has 0 radical (unpaired) electrons.